The van der Waals surface area contributed by atoms with Crippen LogP contribution in [-0.4, -0.2) is 22.6 Å². The molecule has 108 valence electrons. The Labute approximate surface area is 117 Å². The smallest absolute Gasteiger partial charge is 0.179 e. The molecule has 0 bridgehead atoms. The van der Waals surface area contributed by atoms with E-state index in [1.54, 1.807) is 12.5 Å². The van der Waals surface area contributed by atoms with E-state index in [4.69, 9.17) is 4.74 Å². The average molecular weight is 265 g/mol. The Morgan fingerprint density at radius 3 is 2.53 bits per heavy atom. The molecular formula is C15H27N3O. The fourth-order valence-corrected chi connectivity index (χ4v) is 2.04. The van der Waals surface area contributed by atoms with Gasteiger partial charge in [-0.15, -0.1) is 0 Å². The third kappa shape index (κ3) is 5.90. The normalized spacial score (nSPS) is 10.7. The van der Waals surface area contributed by atoms with Crippen LogP contribution in [0, 0.1) is 0 Å². The fraction of sp³-hybridized carbons (Fsp3) is 0.733. The third-order valence-corrected chi connectivity index (χ3v) is 3.05. The second-order valence-corrected chi connectivity index (χ2v) is 4.86. The maximum atomic E-state index is 5.75. The molecule has 1 heterocycles. The van der Waals surface area contributed by atoms with Crippen LogP contribution in [-0.2, 0) is 0 Å². The molecule has 0 atom stereocenters. The van der Waals surface area contributed by atoms with Crippen LogP contribution in [0.4, 0.5) is 5.82 Å². The Balaban J connectivity index is 2.63. The van der Waals surface area contributed by atoms with Gasteiger partial charge in [0.25, 0.3) is 0 Å². The van der Waals surface area contributed by atoms with Gasteiger partial charge in [0.15, 0.2) is 11.6 Å². The molecule has 19 heavy (non-hydrogen) atoms. The van der Waals surface area contributed by atoms with Crippen LogP contribution in [0.15, 0.2) is 12.5 Å². The van der Waals surface area contributed by atoms with Gasteiger partial charge in [0.2, 0.25) is 0 Å². The van der Waals surface area contributed by atoms with Crippen molar-refractivity contribution in [2.75, 3.05) is 11.9 Å². The molecule has 4 nitrogen and oxygen atoms in total. The van der Waals surface area contributed by atoms with E-state index in [1.807, 2.05) is 0 Å². The SMILES string of the molecule is CCCCOc1cncnc1NC(CCC)CCC. The second kappa shape index (κ2) is 9.59. The molecule has 0 aliphatic carbocycles. The van der Waals surface area contributed by atoms with E-state index in [0.29, 0.717) is 6.04 Å². The van der Waals surface area contributed by atoms with E-state index >= 15 is 0 Å². The van der Waals surface area contributed by atoms with Gasteiger partial charge in [-0.05, 0) is 19.3 Å². The zero-order valence-electron chi connectivity index (χ0n) is 12.5. The highest BCUT2D eigenvalue weighted by molar-refractivity contribution is 5.48. The molecule has 1 aromatic rings. The van der Waals surface area contributed by atoms with Crippen molar-refractivity contribution in [3.8, 4) is 5.75 Å². The lowest BCUT2D eigenvalue weighted by Gasteiger charge is -2.19. The quantitative estimate of drug-likeness (QED) is 0.649. The first-order valence-corrected chi connectivity index (χ1v) is 7.51. The summed E-state index contributed by atoms with van der Waals surface area (Å²) in [5, 5.41) is 3.50. The Hall–Kier alpha value is -1.32. The van der Waals surface area contributed by atoms with Crippen LogP contribution in [0.1, 0.15) is 59.3 Å². The Morgan fingerprint density at radius 2 is 1.89 bits per heavy atom. The minimum Gasteiger partial charge on any atom is -0.488 e. The summed E-state index contributed by atoms with van der Waals surface area (Å²) in [6, 6.07) is 0.471. The van der Waals surface area contributed by atoms with Gasteiger partial charge in [-0.3, -0.25) is 0 Å². The van der Waals surface area contributed by atoms with E-state index in [9.17, 15) is 0 Å². The Morgan fingerprint density at radius 1 is 1.16 bits per heavy atom. The van der Waals surface area contributed by atoms with Crippen LogP contribution in [0.2, 0.25) is 0 Å². The van der Waals surface area contributed by atoms with E-state index in [-0.39, 0.29) is 0 Å². The second-order valence-electron chi connectivity index (χ2n) is 4.86. The van der Waals surface area contributed by atoms with Crippen LogP contribution >= 0.6 is 0 Å². The van der Waals surface area contributed by atoms with Crippen LogP contribution < -0.4 is 10.1 Å². The predicted octanol–water partition coefficient (Wildman–Crippen LogP) is 4.04. The molecule has 0 aliphatic heterocycles. The number of nitrogens with zero attached hydrogens (tertiary/aromatic N) is 2. The molecule has 0 saturated heterocycles. The number of hydrogen-bond donors (Lipinski definition) is 1. The molecule has 1 rings (SSSR count). The first-order chi connectivity index (χ1) is 9.31. The van der Waals surface area contributed by atoms with Crippen LogP contribution in [0.5, 0.6) is 5.75 Å². The molecule has 0 aliphatic rings. The fourth-order valence-electron chi connectivity index (χ4n) is 2.04. The third-order valence-electron chi connectivity index (χ3n) is 3.05. The number of unbranched alkanes of at least 4 members (excludes halogenated alkanes) is 1. The molecule has 0 spiro atoms. The summed E-state index contributed by atoms with van der Waals surface area (Å²) >= 11 is 0. The van der Waals surface area contributed by atoms with Crippen molar-refractivity contribution in [3.05, 3.63) is 12.5 Å². The van der Waals surface area contributed by atoms with Gasteiger partial charge in [0, 0.05) is 6.04 Å². The molecular weight excluding hydrogens is 238 g/mol. The van der Waals surface area contributed by atoms with Gasteiger partial charge in [-0.1, -0.05) is 40.0 Å². The van der Waals surface area contributed by atoms with E-state index in [0.717, 1.165) is 43.9 Å². The molecule has 0 radical (unpaired) electrons. The molecule has 0 amide bonds. The molecule has 0 saturated carbocycles. The molecule has 0 aromatic carbocycles. The molecule has 1 N–H and O–H groups in total. The van der Waals surface area contributed by atoms with Gasteiger partial charge in [0.1, 0.15) is 6.33 Å². The van der Waals surface area contributed by atoms with Crippen molar-refractivity contribution in [1.29, 1.82) is 0 Å². The summed E-state index contributed by atoms with van der Waals surface area (Å²) in [5.74, 6) is 1.60. The first-order valence-electron chi connectivity index (χ1n) is 7.51. The average Bonchev–Trinajstić information content (AvgIpc) is 2.41. The van der Waals surface area contributed by atoms with Gasteiger partial charge < -0.3 is 10.1 Å². The zero-order valence-corrected chi connectivity index (χ0v) is 12.5. The van der Waals surface area contributed by atoms with Crippen molar-refractivity contribution in [2.24, 2.45) is 0 Å². The lowest BCUT2D eigenvalue weighted by molar-refractivity contribution is 0.308. The van der Waals surface area contributed by atoms with Crippen molar-refractivity contribution >= 4 is 5.82 Å². The Kier molecular flexibility index (Phi) is 7.94. The highest BCUT2D eigenvalue weighted by Gasteiger charge is 2.11. The number of rotatable bonds is 10. The molecule has 1 aromatic heterocycles. The first kappa shape index (κ1) is 15.7. The van der Waals surface area contributed by atoms with E-state index in [2.05, 4.69) is 36.1 Å². The zero-order chi connectivity index (χ0) is 13.9. The lowest BCUT2D eigenvalue weighted by Crippen LogP contribution is -2.20. The maximum Gasteiger partial charge on any atom is 0.179 e. The number of ether oxygens (including phenoxy) is 1. The highest BCUT2D eigenvalue weighted by Crippen LogP contribution is 2.22. The van der Waals surface area contributed by atoms with Crippen molar-refractivity contribution in [1.82, 2.24) is 9.97 Å². The van der Waals surface area contributed by atoms with Gasteiger partial charge in [-0.25, -0.2) is 9.97 Å². The monoisotopic (exact) mass is 265 g/mol. The summed E-state index contributed by atoms with van der Waals surface area (Å²) < 4.78 is 5.75. The van der Waals surface area contributed by atoms with Gasteiger partial charge in [-0.2, -0.15) is 0 Å². The van der Waals surface area contributed by atoms with Crippen molar-refractivity contribution in [3.63, 3.8) is 0 Å². The van der Waals surface area contributed by atoms with Crippen molar-refractivity contribution < 1.29 is 4.74 Å². The lowest BCUT2D eigenvalue weighted by atomic mass is 10.1. The van der Waals surface area contributed by atoms with Crippen LogP contribution in [0.3, 0.4) is 0 Å². The van der Waals surface area contributed by atoms with Crippen molar-refractivity contribution in [2.45, 2.75) is 65.3 Å². The summed E-state index contributed by atoms with van der Waals surface area (Å²) in [5.41, 5.74) is 0. The minimum absolute atomic E-state index is 0.471. The molecule has 4 heteroatoms. The molecule has 0 fully saturated rings. The Bertz CT molecular complexity index is 338. The maximum absolute atomic E-state index is 5.75. The standard InChI is InChI=1S/C15H27N3O/c1-4-7-10-19-14-11-16-12-17-15(14)18-13(8-5-2)9-6-3/h11-13H,4-10H2,1-3H3,(H,16,17,18). The van der Waals surface area contributed by atoms with Crippen LogP contribution in [0.25, 0.3) is 0 Å². The van der Waals surface area contributed by atoms with E-state index in [1.165, 1.54) is 12.8 Å². The largest absolute Gasteiger partial charge is 0.488 e. The predicted molar refractivity (Wildman–Crippen MR) is 79.7 cm³/mol. The number of aromatic nitrogens is 2. The van der Waals surface area contributed by atoms with Gasteiger partial charge >= 0.3 is 0 Å². The highest BCUT2D eigenvalue weighted by atomic mass is 16.5. The summed E-state index contributed by atoms with van der Waals surface area (Å²) in [4.78, 5) is 8.36. The number of nitrogens with one attached hydrogen (secondary N) is 1. The molecule has 0 unspecified atom stereocenters. The van der Waals surface area contributed by atoms with E-state index < -0.39 is 0 Å². The summed E-state index contributed by atoms with van der Waals surface area (Å²) in [7, 11) is 0. The minimum atomic E-state index is 0.471. The summed E-state index contributed by atoms with van der Waals surface area (Å²) in [6.07, 6.45) is 10.2. The topological polar surface area (TPSA) is 47.0 Å². The number of hydrogen-bond acceptors (Lipinski definition) is 4. The number of anilines is 1. The summed E-state index contributed by atoms with van der Waals surface area (Å²) in [6.45, 7) is 7.30. The van der Waals surface area contributed by atoms with Gasteiger partial charge in [0.05, 0.1) is 12.8 Å².